The van der Waals surface area contributed by atoms with Gasteiger partial charge in [-0.15, -0.1) is 0 Å². The van der Waals surface area contributed by atoms with Crippen LogP contribution in [-0.2, 0) is 16.1 Å². The van der Waals surface area contributed by atoms with Crippen LogP contribution in [0.2, 0.25) is 0 Å². The zero-order valence-electron chi connectivity index (χ0n) is 10.6. The molecule has 1 rings (SSSR count). The first-order valence-corrected chi connectivity index (χ1v) is 5.53. The Morgan fingerprint density at radius 2 is 2.21 bits per heavy atom. The van der Waals surface area contributed by atoms with E-state index in [0.29, 0.717) is 6.61 Å². The van der Waals surface area contributed by atoms with Crippen molar-refractivity contribution in [2.45, 2.75) is 19.5 Å². The minimum Gasteiger partial charge on any atom is -0.476 e. The average molecular weight is 269 g/mol. The summed E-state index contributed by atoms with van der Waals surface area (Å²) in [5.74, 6) is -1.71. The van der Waals surface area contributed by atoms with E-state index >= 15 is 0 Å². The van der Waals surface area contributed by atoms with E-state index in [1.807, 2.05) is 0 Å². The maximum atomic E-state index is 11.6. The van der Waals surface area contributed by atoms with Crippen LogP contribution in [0.3, 0.4) is 0 Å². The maximum absolute atomic E-state index is 11.6. The first-order chi connectivity index (χ1) is 8.93. The van der Waals surface area contributed by atoms with Gasteiger partial charge in [-0.05, 0) is 13.0 Å². The summed E-state index contributed by atoms with van der Waals surface area (Å²) < 4.78 is 5.66. The number of aromatic nitrogens is 2. The number of carbonyl (C=O) groups excluding carboxylic acids is 1. The molecule has 104 valence electrons. The van der Waals surface area contributed by atoms with Crippen LogP contribution >= 0.6 is 0 Å². The number of nitrogens with zero attached hydrogens (tertiary/aromatic N) is 2. The summed E-state index contributed by atoms with van der Waals surface area (Å²) in [4.78, 5) is 33.8. The topological polar surface area (TPSA) is 111 Å². The molecule has 0 fully saturated rings. The quantitative estimate of drug-likeness (QED) is 0.692. The smallest absolute Gasteiger partial charge is 0.356 e. The van der Waals surface area contributed by atoms with Gasteiger partial charge >= 0.3 is 5.97 Å². The molecule has 0 aliphatic carbocycles. The molecule has 1 unspecified atom stereocenters. The van der Waals surface area contributed by atoms with Crippen molar-refractivity contribution < 1.29 is 19.4 Å². The number of ether oxygens (including phenoxy) is 1. The Morgan fingerprint density at radius 1 is 1.53 bits per heavy atom. The van der Waals surface area contributed by atoms with Gasteiger partial charge in [-0.2, -0.15) is 5.10 Å². The number of nitrogens with one attached hydrogen (secondary N) is 1. The number of carboxylic acid groups (broad SMARTS) is 1. The van der Waals surface area contributed by atoms with Crippen LogP contribution in [0.1, 0.15) is 17.4 Å². The van der Waals surface area contributed by atoms with Crippen molar-refractivity contribution >= 4 is 11.9 Å². The van der Waals surface area contributed by atoms with Gasteiger partial charge in [0.25, 0.3) is 5.56 Å². The average Bonchev–Trinajstić information content (AvgIpc) is 2.31. The van der Waals surface area contributed by atoms with Gasteiger partial charge < -0.3 is 15.2 Å². The second kappa shape index (κ2) is 6.64. The third-order valence-corrected chi connectivity index (χ3v) is 2.20. The van der Waals surface area contributed by atoms with Crippen molar-refractivity contribution in [1.82, 2.24) is 15.1 Å². The first-order valence-electron chi connectivity index (χ1n) is 5.53. The molecule has 0 aromatic carbocycles. The summed E-state index contributed by atoms with van der Waals surface area (Å²) in [6.07, 6.45) is 0. The summed E-state index contributed by atoms with van der Waals surface area (Å²) in [7, 11) is 1.51. The van der Waals surface area contributed by atoms with Crippen molar-refractivity contribution in [1.29, 1.82) is 0 Å². The number of methoxy groups -OCH3 is 1. The van der Waals surface area contributed by atoms with Crippen LogP contribution in [-0.4, -0.2) is 46.5 Å². The predicted octanol–water partition coefficient (Wildman–Crippen LogP) is -0.907. The second-order valence-corrected chi connectivity index (χ2v) is 3.94. The van der Waals surface area contributed by atoms with E-state index in [9.17, 15) is 14.4 Å². The Hall–Kier alpha value is -2.22. The van der Waals surface area contributed by atoms with Gasteiger partial charge in [0.05, 0.1) is 6.61 Å². The Morgan fingerprint density at radius 3 is 2.79 bits per heavy atom. The molecule has 1 aromatic rings. The number of carbonyl (C=O) groups is 2. The standard InChI is InChI=1S/C11H15N3O5/c1-7(6-19-2)12-9(15)5-14-10(16)4-3-8(13-14)11(17)18/h3-4,7H,5-6H2,1-2H3,(H,12,15)(H,17,18). The largest absolute Gasteiger partial charge is 0.476 e. The van der Waals surface area contributed by atoms with Gasteiger partial charge in [-0.3, -0.25) is 9.59 Å². The molecule has 19 heavy (non-hydrogen) atoms. The zero-order chi connectivity index (χ0) is 14.4. The molecule has 0 aliphatic heterocycles. The summed E-state index contributed by atoms with van der Waals surface area (Å²) in [6, 6.07) is 1.94. The van der Waals surface area contributed by atoms with Crippen molar-refractivity contribution in [3.63, 3.8) is 0 Å². The molecule has 8 heteroatoms. The van der Waals surface area contributed by atoms with Crippen molar-refractivity contribution in [2.75, 3.05) is 13.7 Å². The molecule has 0 radical (unpaired) electrons. The molecule has 1 heterocycles. The molecule has 2 N–H and O–H groups in total. The van der Waals surface area contributed by atoms with Crippen LogP contribution in [0.5, 0.6) is 0 Å². The number of hydrogen-bond acceptors (Lipinski definition) is 5. The highest BCUT2D eigenvalue weighted by atomic mass is 16.5. The highest BCUT2D eigenvalue weighted by Crippen LogP contribution is 1.90. The summed E-state index contributed by atoms with van der Waals surface area (Å²) >= 11 is 0. The first kappa shape index (κ1) is 14.8. The SMILES string of the molecule is COCC(C)NC(=O)Cn1nc(C(=O)O)ccc1=O. The molecule has 0 bridgehead atoms. The fraction of sp³-hybridized carbons (Fsp3) is 0.455. The van der Waals surface area contributed by atoms with E-state index in [1.54, 1.807) is 6.92 Å². The van der Waals surface area contributed by atoms with Crippen molar-refractivity contribution in [3.8, 4) is 0 Å². The third kappa shape index (κ3) is 4.51. The molecule has 1 amide bonds. The Balaban J connectivity index is 2.76. The van der Waals surface area contributed by atoms with Crippen LogP contribution in [0.15, 0.2) is 16.9 Å². The number of aromatic carboxylic acids is 1. The number of hydrogen-bond donors (Lipinski definition) is 2. The van der Waals surface area contributed by atoms with E-state index in [-0.39, 0.29) is 18.3 Å². The molecular weight excluding hydrogens is 254 g/mol. The van der Waals surface area contributed by atoms with E-state index in [4.69, 9.17) is 9.84 Å². The third-order valence-electron chi connectivity index (χ3n) is 2.20. The molecule has 1 atom stereocenters. The van der Waals surface area contributed by atoms with E-state index in [2.05, 4.69) is 10.4 Å². The highest BCUT2D eigenvalue weighted by Gasteiger charge is 2.12. The summed E-state index contributed by atoms with van der Waals surface area (Å²) in [5, 5.41) is 14.9. The lowest BCUT2D eigenvalue weighted by atomic mass is 10.3. The molecule has 8 nitrogen and oxygen atoms in total. The molecule has 1 aromatic heterocycles. The number of amides is 1. The molecule has 0 spiro atoms. The number of carboxylic acids is 1. The minimum atomic E-state index is -1.26. The molecular formula is C11H15N3O5. The maximum Gasteiger partial charge on any atom is 0.356 e. The van der Waals surface area contributed by atoms with Gasteiger partial charge in [0.2, 0.25) is 5.91 Å². The molecule has 0 saturated heterocycles. The highest BCUT2D eigenvalue weighted by molar-refractivity contribution is 5.85. The van der Waals surface area contributed by atoms with Gasteiger partial charge in [-0.25, -0.2) is 9.48 Å². The minimum absolute atomic E-state index is 0.212. The molecule has 0 saturated carbocycles. The molecule has 0 aliphatic rings. The summed E-state index contributed by atoms with van der Waals surface area (Å²) in [5.41, 5.74) is -0.836. The van der Waals surface area contributed by atoms with Crippen LogP contribution in [0, 0.1) is 0 Å². The Kier molecular flexibility index (Phi) is 5.19. The number of rotatable bonds is 6. The van der Waals surface area contributed by atoms with Crippen molar-refractivity contribution in [2.24, 2.45) is 0 Å². The Labute approximate surface area is 109 Å². The normalized spacial score (nSPS) is 11.9. The monoisotopic (exact) mass is 269 g/mol. The van der Waals surface area contributed by atoms with Gasteiger partial charge in [0, 0.05) is 19.2 Å². The lowest BCUT2D eigenvalue weighted by Gasteiger charge is -2.13. The zero-order valence-corrected chi connectivity index (χ0v) is 10.6. The van der Waals surface area contributed by atoms with E-state index < -0.39 is 17.4 Å². The van der Waals surface area contributed by atoms with Gasteiger partial charge in [0.1, 0.15) is 6.54 Å². The van der Waals surface area contributed by atoms with Crippen LogP contribution in [0.25, 0.3) is 0 Å². The van der Waals surface area contributed by atoms with Gasteiger partial charge in [0.15, 0.2) is 5.69 Å². The fourth-order valence-electron chi connectivity index (χ4n) is 1.42. The van der Waals surface area contributed by atoms with Crippen molar-refractivity contribution in [3.05, 3.63) is 28.2 Å². The second-order valence-electron chi connectivity index (χ2n) is 3.94. The summed E-state index contributed by atoms with van der Waals surface area (Å²) in [6.45, 7) is 1.74. The lowest BCUT2D eigenvalue weighted by molar-refractivity contribution is -0.122. The Bertz CT molecular complexity index is 525. The van der Waals surface area contributed by atoms with E-state index in [1.165, 1.54) is 7.11 Å². The lowest BCUT2D eigenvalue weighted by Crippen LogP contribution is -2.40. The van der Waals surface area contributed by atoms with Crippen LogP contribution in [0.4, 0.5) is 0 Å². The van der Waals surface area contributed by atoms with Crippen LogP contribution < -0.4 is 10.9 Å². The fourth-order valence-corrected chi connectivity index (χ4v) is 1.42. The van der Waals surface area contributed by atoms with E-state index in [0.717, 1.165) is 16.8 Å². The van der Waals surface area contributed by atoms with Gasteiger partial charge in [-0.1, -0.05) is 0 Å². The predicted molar refractivity (Wildman–Crippen MR) is 64.9 cm³/mol.